The molecule has 5 nitrogen and oxygen atoms in total. The zero-order valence-corrected chi connectivity index (χ0v) is 12.2. The zero-order valence-electron chi connectivity index (χ0n) is 11.4. The minimum Gasteiger partial charge on any atom is -0.397 e. The molecule has 1 aromatic carbocycles. The van der Waals surface area contributed by atoms with Crippen LogP contribution in [0.3, 0.4) is 0 Å². The normalized spacial score (nSPS) is 15.2. The second-order valence-electron chi connectivity index (χ2n) is 5.10. The third-order valence-electron chi connectivity index (χ3n) is 3.58. The number of amides is 1. The van der Waals surface area contributed by atoms with Gasteiger partial charge in [0.1, 0.15) is 0 Å². The fraction of sp³-hybridized carbons (Fsp3) is 0.267. The van der Waals surface area contributed by atoms with Gasteiger partial charge in [0.25, 0.3) is 0 Å². The second kappa shape index (κ2) is 5.75. The number of benzene rings is 1. The standard InChI is InChI=1S/C15H17N3O2S/c16-11-5-9-1-2-15(20)18-12(9)6-13(11)17-7-14(19)10-3-4-21-8-10/h3-6,8,14,17,19H,1-2,7,16H2,(H,18,20). The Bertz CT molecular complexity index is 655. The van der Waals surface area contributed by atoms with Gasteiger partial charge in [0.2, 0.25) is 5.91 Å². The summed E-state index contributed by atoms with van der Waals surface area (Å²) in [7, 11) is 0. The van der Waals surface area contributed by atoms with Crippen LogP contribution in [0.15, 0.2) is 29.0 Å². The number of fused-ring (bicyclic) bond motifs is 1. The molecule has 2 aromatic rings. The van der Waals surface area contributed by atoms with Gasteiger partial charge in [-0.3, -0.25) is 4.79 Å². The van der Waals surface area contributed by atoms with Crippen LogP contribution < -0.4 is 16.4 Å². The SMILES string of the molecule is Nc1cc2c(cc1NCC(O)c1ccsc1)NC(=O)CC2. The fourth-order valence-corrected chi connectivity index (χ4v) is 3.10. The highest BCUT2D eigenvalue weighted by Crippen LogP contribution is 2.31. The molecule has 3 rings (SSSR count). The molecule has 1 unspecified atom stereocenters. The summed E-state index contributed by atoms with van der Waals surface area (Å²) in [6.45, 7) is 0.369. The van der Waals surface area contributed by atoms with Gasteiger partial charge in [-0.15, -0.1) is 0 Å². The highest BCUT2D eigenvalue weighted by molar-refractivity contribution is 7.07. The number of aryl methyl sites for hydroxylation is 1. The number of carbonyl (C=O) groups is 1. The largest absolute Gasteiger partial charge is 0.397 e. The van der Waals surface area contributed by atoms with Gasteiger partial charge in [0, 0.05) is 18.7 Å². The van der Waals surface area contributed by atoms with Crippen molar-refractivity contribution in [3.8, 4) is 0 Å². The predicted octanol–water partition coefficient (Wildman–Crippen LogP) is 2.36. The van der Waals surface area contributed by atoms with Crippen LogP contribution in [0.2, 0.25) is 0 Å². The molecule has 0 radical (unpaired) electrons. The topological polar surface area (TPSA) is 87.4 Å². The lowest BCUT2D eigenvalue weighted by Gasteiger charge is -2.20. The first kappa shape index (κ1) is 13.9. The van der Waals surface area contributed by atoms with Crippen LogP contribution >= 0.6 is 11.3 Å². The first-order valence-corrected chi connectivity index (χ1v) is 7.74. The van der Waals surface area contributed by atoms with E-state index in [0.29, 0.717) is 25.1 Å². The third kappa shape index (κ3) is 3.01. The van der Waals surface area contributed by atoms with Gasteiger partial charge < -0.3 is 21.5 Å². The molecule has 0 fully saturated rings. The molecule has 1 amide bonds. The summed E-state index contributed by atoms with van der Waals surface area (Å²) in [6, 6.07) is 5.61. The quantitative estimate of drug-likeness (QED) is 0.653. The lowest BCUT2D eigenvalue weighted by Crippen LogP contribution is -2.20. The number of hydrogen-bond acceptors (Lipinski definition) is 5. The van der Waals surface area contributed by atoms with Crippen molar-refractivity contribution >= 4 is 34.3 Å². The van der Waals surface area contributed by atoms with Crippen molar-refractivity contribution < 1.29 is 9.90 Å². The first-order valence-electron chi connectivity index (χ1n) is 6.80. The van der Waals surface area contributed by atoms with E-state index in [1.165, 1.54) is 0 Å². The fourth-order valence-electron chi connectivity index (χ4n) is 2.39. The van der Waals surface area contributed by atoms with E-state index < -0.39 is 6.10 Å². The third-order valence-corrected chi connectivity index (χ3v) is 4.29. The van der Waals surface area contributed by atoms with E-state index in [-0.39, 0.29) is 5.91 Å². The molecule has 1 aromatic heterocycles. The van der Waals surface area contributed by atoms with Crippen molar-refractivity contribution in [2.75, 3.05) is 22.9 Å². The van der Waals surface area contributed by atoms with Crippen LogP contribution in [0.4, 0.5) is 17.1 Å². The Balaban J connectivity index is 1.73. The highest BCUT2D eigenvalue weighted by atomic mass is 32.1. The van der Waals surface area contributed by atoms with Gasteiger partial charge in [-0.25, -0.2) is 0 Å². The molecule has 5 N–H and O–H groups in total. The van der Waals surface area contributed by atoms with Gasteiger partial charge in [0.15, 0.2) is 0 Å². The molecule has 0 saturated carbocycles. The highest BCUT2D eigenvalue weighted by Gasteiger charge is 2.17. The van der Waals surface area contributed by atoms with Crippen LogP contribution in [0.1, 0.15) is 23.7 Å². The van der Waals surface area contributed by atoms with Crippen molar-refractivity contribution in [1.82, 2.24) is 0 Å². The molecule has 2 heterocycles. The Labute approximate surface area is 126 Å². The number of thiophene rings is 1. The maximum absolute atomic E-state index is 11.4. The Hall–Kier alpha value is -2.05. The molecule has 21 heavy (non-hydrogen) atoms. The Morgan fingerprint density at radius 3 is 3.05 bits per heavy atom. The molecule has 0 saturated heterocycles. The van der Waals surface area contributed by atoms with Gasteiger partial charge in [-0.05, 0) is 46.5 Å². The number of nitrogens with two attached hydrogens (primary N) is 1. The van der Waals surface area contributed by atoms with E-state index in [4.69, 9.17) is 5.73 Å². The lowest BCUT2D eigenvalue weighted by molar-refractivity contribution is -0.116. The van der Waals surface area contributed by atoms with E-state index in [0.717, 1.165) is 22.5 Å². The van der Waals surface area contributed by atoms with Crippen molar-refractivity contribution in [3.63, 3.8) is 0 Å². The summed E-state index contributed by atoms with van der Waals surface area (Å²) in [5, 5.41) is 19.9. The summed E-state index contributed by atoms with van der Waals surface area (Å²) in [6.07, 6.45) is 0.625. The molecular formula is C15H17N3O2S. The minimum absolute atomic E-state index is 0.0246. The predicted molar refractivity (Wildman–Crippen MR) is 85.6 cm³/mol. The Morgan fingerprint density at radius 1 is 1.43 bits per heavy atom. The van der Waals surface area contributed by atoms with Crippen LogP contribution in [-0.4, -0.2) is 17.6 Å². The van der Waals surface area contributed by atoms with Gasteiger partial charge in [-0.1, -0.05) is 0 Å². The molecule has 1 atom stereocenters. The number of rotatable bonds is 4. The van der Waals surface area contributed by atoms with E-state index in [1.807, 2.05) is 29.0 Å². The summed E-state index contributed by atoms with van der Waals surface area (Å²) in [4.78, 5) is 11.4. The summed E-state index contributed by atoms with van der Waals surface area (Å²) < 4.78 is 0. The average Bonchev–Trinajstić information content (AvgIpc) is 2.99. The number of anilines is 3. The van der Waals surface area contributed by atoms with Crippen molar-refractivity contribution in [2.24, 2.45) is 0 Å². The molecular weight excluding hydrogens is 286 g/mol. The van der Waals surface area contributed by atoms with E-state index in [1.54, 1.807) is 11.3 Å². The van der Waals surface area contributed by atoms with Crippen LogP contribution in [0, 0.1) is 0 Å². The van der Waals surface area contributed by atoms with Crippen molar-refractivity contribution in [3.05, 3.63) is 40.1 Å². The van der Waals surface area contributed by atoms with Crippen molar-refractivity contribution in [2.45, 2.75) is 18.9 Å². The second-order valence-corrected chi connectivity index (χ2v) is 5.88. The number of nitrogens with one attached hydrogen (secondary N) is 2. The summed E-state index contributed by atoms with van der Waals surface area (Å²) >= 11 is 1.55. The minimum atomic E-state index is -0.582. The molecule has 110 valence electrons. The number of aliphatic hydroxyl groups excluding tert-OH is 1. The number of nitrogen functional groups attached to an aromatic ring is 1. The summed E-state index contributed by atoms with van der Waals surface area (Å²) in [5.41, 5.74) is 10.1. The number of aliphatic hydroxyl groups is 1. The smallest absolute Gasteiger partial charge is 0.224 e. The van der Waals surface area contributed by atoms with Gasteiger partial charge in [0.05, 0.1) is 17.5 Å². The number of hydrogen-bond donors (Lipinski definition) is 4. The van der Waals surface area contributed by atoms with E-state index in [2.05, 4.69) is 10.6 Å². The van der Waals surface area contributed by atoms with E-state index >= 15 is 0 Å². The Morgan fingerprint density at radius 2 is 2.29 bits per heavy atom. The monoisotopic (exact) mass is 303 g/mol. The average molecular weight is 303 g/mol. The first-order chi connectivity index (χ1) is 10.1. The van der Waals surface area contributed by atoms with E-state index in [9.17, 15) is 9.90 Å². The summed E-state index contributed by atoms with van der Waals surface area (Å²) in [5.74, 6) is 0.0246. The molecule has 0 bridgehead atoms. The zero-order chi connectivity index (χ0) is 14.8. The maximum atomic E-state index is 11.4. The van der Waals surface area contributed by atoms with Gasteiger partial charge >= 0.3 is 0 Å². The number of carbonyl (C=O) groups excluding carboxylic acids is 1. The maximum Gasteiger partial charge on any atom is 0.224 e. The van der Waals surface area contributed by atoms with Crippen LogP contribution in [-0.2, 0) is 11.2 Å². The Kier molecular flexibility index (Phi) is 3.81. The lowest BCUT2D eigenvalue weighted by atomic mass is 10.0. The molecule has 0 spiro atoms. The van der Waals surface area contributed by atoms with Crippen LogP contribution in [0.25, 0.3) is 0 Å². The molecule has 0 aliphatic carbocycles. The van der Waals surface area contributed by atoms with Crippen molar-refractivity contribution in [1.29, 1.82) is 0 Å². The van der Waals surface area contributed by atoms with Crippen LogP contribution in [0.5, 0.6) is 0 Å². The molecule has 1 aliphatic rings. The molecule has 6 heteroatoms. The molecule has 1 aliphatic heterocycles. The van der Waals surface area contributed by atoms with Gasteiger partial charge in [-0.2, -0.15) is 11.3 Å².